The van der Waals surface area contributed by atoms with Gasteiger partial charge in [0.25, 0.3) is 0 Å². The topological polar surface area (TPSA) is 26.8 Å². The number of amides is 1. The first-order chi connectivity index (χ1) is 12.7. The van der Waals surface area contributed by atoms with Crippen molar-refractivity contribution in [1.82, 2.24) is 4.90 Å². The fourth-order valence-corrected chi connectivity index (χ4v) is 3.59. The van der Waals surface area contributed by atoms with Gasteiger partial charge in [0.15, 0.2) is 0 Å². The third-order valence-corrected chi connectivity index (χ3v) is 5.11. The molecule has 0 aromatic heterocycles. The van der Waals surface area contributed by atoms with E-state index in [4.69, 9.17) is 11.6 Å². The molecule has 1 aliphatic rings. The second kappa shape index (κ2) is 9.06. The highest BCUT2D eigenvalue weighted by Gasteiger charge is 2.20. The van der Waals surface area contributed by atoms with Crippen LogP contribution in [0.15, 0.2) is 54.6 Å². The van der Waals surface area contributed by atoms with E-state index in [0.29, 0.717) is 13.0 Å². The summed E-state index contributed by atoms with van der Waals surface area (Å²) in [5.41, 5.74) is 2.15. The number of benzene rings is 2. The van der Waals surface area contributed by atoms with Gasteiger partial charge in [-0.15, -0.1) is 0 Å². The molecular weight excluding hydrogens is 346 g/mol. The summed E-state index contributed by atoms with van der Waals surface area (Å²) in [7, 11) is 0. The highest BCUT2D eigenvalue weighted by molar-refractivity contribution is 6.30. The Hall–Kier alpha value is -2.04. The number of hydrogen-bond donors (Lipinski definition) is 0. The molecule has 4 nitrogen and oxygen atoms in total. The number of nitrogens with zero attached hydrogens (tertiary/aromatic N) is 3. The minimum atomic E-state index is 0.191. The quantitative estimate of drug-likeness (QED) is 0.770. The number of para-hydroxylation sites is 1. The molecule has 0 spiro atoms. The van der Waals surface area contributed by atoms with Crippen LogP contribution in [-0.4, -0.2) is 50.1 Å². The van der Waals surface area contributed by atoms with Gasteiger partial charge in [0.1, 0.15) is 0 Å². The van der Waals surface area contributed by atoms with Crippen LogP contribution in [-0.2, 0) is 4.79 Å². The molecule has 2 aromatic carbocycles. The molecule has 0 saturated carbocycles. The van der Waals surface area contributed by atoms with Gasteiger partial charge in [0.05, 0.1) is 0 Å². The zero-order valence-corrected chi connectivity index (χ0v) is 16.0. The van der Waals surface area contributed by atoms with Crippen molar-refractivity contribution in [3.05, 3.63) is 59.6 Å². The fourth-order valence-electron chi connectivity index (χ4n) is 3.40. The van der Waals surface area contributed by atoms with Crippen LogP contribution in [0.1, 0.15) is 13.3 Å². The van der Waals surface area contributed by atoms with Gasteiger partial charge in [-0.05, 0) is 37.3 Å². The van der Waals surface area contributed by atoms with Crippen molar-refractivity contribution in [3.63, 3.8) is 0 Å². The van der Waals surface area contributed by atoms with E-state index < -0.39 is 0 Å². The molecule has 3 rings (SSSR count). The zero-order valence-electron chi connectivity index (χ0n) is 15.3. The van der Waals surface area contributed by atoms with Crippen LogP contribution >= 0.6 is 11.6 Å². The number of halogens is 1. The van der Waals surface area contributed by atoms with Gasteiger partial charge < -0.3 is 9.80 Å². The molecule has 26 heavy (non-hydrogen) atoms. The summed E-state index contributed by atoms with van der Waals surface area (Å²) in [4.78, 5) is 19.2. The highest BCUT2D eigenvalue weighted by atomic mass is 35.5. The van der Waals surface area contributed by atoms with Crippen molar-refractivity contribution in [2.75, 3.05) is 49.1 Å². The van der Waals surface area contributed by atoms with Gasteiger partial charge in [-0.2, -0.15) is 0 Å². The SMILES string of the molecule is CCN(C(=O)CCN1CCN(c2cccc(Cl)c2)CC1)c1ccccc1. The third kappa shape index (κ3) is 4.77. The van der Waals surface area contributed by atoms with Gasteiger partial charge in [0, 0.05) is 62.1 Å². The summed E-state index contributed by atoms with van der Waals surface area (Å²) in [6.45, 7) is 7.40. The van der Waals surface area contributed by atoms with E-state index in [1.807, 2.05) is 60.4 Å². The number of hydrogen-bond acceptors (Lipinski definition) is 3. The molecule has 5 heteroatoms. The van der Waals surface area contributed by atoms with E-state index >= 15 is 0 Å². The van der Waals surface area contributed by atoms with Crippen LogP contribution in [0.2, 0.25) is 5.02 Å². The Morgan fingerprint density at radius 3 is 2.42 bits per heavy atom. The Morgan fingerprint density at radius 1 is 1.04 bits per heavy atom. The molecule has 0 aliphatic carbocycles. The molecule has 0 unspecified atom stereocenters. The number of carbonyl (C=O) groups is 1. The molecular formula is C21H26ClN3O. The average Bonchev–Trinajstić information content (AvgIpc) is 2.68. The first kappa shape index (κ1) is 18.7. The lowest BCUT2D eigenvalue weighted by Crippen LogP contribution is -2.47. The van der Waals surface area contributed by atoms with Crippen molar-refractivity contribution < 1.29 is 4.79 Å². The summed E-state index contributed by atoms with van der Waals surface area (Å²) in [5.74, 6) is 0.191. The van der Waals surface area contributed by atoms with Crippen LogP contribution in [0.4, 0.5) is 11.4 Å². The lowest BCUT2D eigenvalue weighted by Gasteiger charge is -2.36. The van der Waals surface area contributed by atoms with Crippen molar-refractivity contribution in [3.8, 4) is 0 Å². The second-order valence-corrected chi connectivity index (χ2v) is 6.97. The fraction of sp³-hybridized carbons (Fsp3) is 0.381. The van der Waals surface area contributed by atoms with Crippen molar-refractivity contribution in [1.29, 1.82) is 0 Å². The van der Waals surface area contributed by atoms with Crippen LogP contribution in [0.5, 0.6) is 0 Å². The smallest absolute Gasteiger partial charge is 0.228 e. The monoisotopic (exact) mass is 371 g/mol. The van der Waals surface area contributed by atoms with E-state index in [1.54, 1.807) is 0 Å². The molecule has 0 bridgehead atoms. The van der Waals surface area contributed by atoms with E-state index in [9.17, 15) is 4.79 Å². The van der Waals surface area contributed by atoms with Crippen molar-refractivity contribution in [2.45, 2.75) is 13.3 Å². The van der Waals surface area contributed by atoms with E-state index in [1.165, 1.54) is 5.69 Å². The Morgan fingerprint density at radius 2 is 1.77 bits per heavy atom. The maximum absolute atomic E-state index is 12.6. The average molecular weight is 372 g/mol. The first-order valence-corrected chi connectivity index (χ1v) is 9.63. The minimum absolute atomic E-state index is 0.191. The number of carbonyl (C=O) groups excluding carboxylic acids is 1. The van der Waals surface area contributed by atoms with Crippen LogP contribution in [0.3, 0.4) is 0 Å². The standard InChI is InChI=1S/C21H26ClN3O/c1-2-25(19-8-4-3-5-9-19)21(26)11-12-23-13-15-24(16-14-23)20-10-6-7-18(22)17-20/h3-10,17H,2,11-16H2,1H3. The van der Waals surface area contributed by atoms with Gasteiger partial charge in [-0.1, -0.05) is 35.9 Å². The molecule has 0 N–H and O–H groups in total. The van der Waals surface area contributed by atoms with Crippen molar-refractivity contribution >= 4 is 28.9 Å². The number of piperazine rings is 1. The molecule has 1 saturated heterocycles. The highest BCUT2D eigenvalue weighted by Crippen LogP contribution is 2.21. The maximum Gasteiger partial charge on any atom is 0.228 e. The molecule has 138 valence electrons. The normalized spacial score (nSPS) is 15.1. The van der Waals surface area contributed by atoms with Crippen LogP contribution in [0, 0.1) is 0 Å². The largest absolute Gasteiger partial charge is 0.369 e. The summed E-state index contributed by atoms with van der Waals surface area (Å²) in [6, 6.07) is 17.9. The molecule has 1 fully saturated rings. The molecule has 1 aliphatic heterocycles. The molecule has 1 heterocycles. The van der Waals surface area contributed by atoms with Crippen molar-refractivity contribution in [2.24, 2.45) is 0 Å². The minimum Gasteiger partial charge on any atom is -0.369 e. The summed E-state index contributed by atoms with van der Waals surface area (Å²) < 4.78 is 0. The maximum atomic E-state index is 12.6. The van der Waals surface area contributed by atoms with E-state index in [0.717, 1.165) is 43.4 Å². The predicted molar refractivity (Wildman–Crippen MR) is 109 cm³/mol. The van der Waals surface area contributed by atoms with E-state index in [-0.39, 0.29) is 5.91 Å². The van der Waals surface area contributed by atoms with Gasteiger partial charge in [-0.3, -0.25) is 9.69 Å². The lowest BCUT2D eigenvalue weighted by atomic mass is 10.2. The van der Waals surface area contributed by atoms with E-state index in [2.05, 4.69) is 15.9 Å². The zero-order chi connectivity index (χ0) is 18.4. The summed E-state index contributed by atoms with van der Waals surface area (Å²) in [5, 5.41) is 0.774. The molecule has 0 radical (unpaired) electrons. The first-order valence-electron chi connectivity index (χ1n) is 9.25. The predicted octanol–water partition coefficient (Wildman–Crippen LogP) is 3.91. The van der Waals surface area contributed by atoms with Crippen LogP contribution < -0.4 is 9.80 Å². The third-order valence-electron chi connectivity index (χ3n) is 4.87. The lowest BCUT2D eigenvalue weighted by molar-refractivity contribution is -0.118. The Kier molecular flexibility index (Phi) is 6.53. The second-order valence-electron chi connectivity index (χ2n) is 6.53. The van der Waals surface area contributed by atoms with Gasteiger partial charge in [0.2, 0.25) is 5.91 Å². The molecule has 1 amide bonds. The Balaban J connectivity index is 1.48. The number of anilines is 2. The summed E-state index contributed by atoms with van der Waals surface area (Å²) >= 11 is 6.09. The van der Waals surface area contributed by atoms with Crippen LogP contribution in [0.25, 0.3) is 0 Å². The molecule has 0 atom stereocenters. The van der Waals surface area contributed by atoms with Gasteiger partial charge >= 0.3 is 0 Å². The summed E-state index contributed by atoms with van der Waals surface area (Å²) in [6.07, 6.45) is 0.555. The molecule has 2 aromatic rings. The number of rotatable bonds is 6. The van der Waals surface area contributed by atoms with Gasteiger partial charge in [-0.25, -0.2) is 0 Å². The Labute approximate surface area is 161 Å². The Bertz CT molecular complexity index is 714.